The van der Waals surface area contributed by atoms with E-state index >= 15 is 0 Å². The molecule has 0 atom stereocenters. The maximum Gasteiger partial charge on any atom is 0.226 e. The predicted octanol–water partition coefficient (Wildman–Crippen LogP) is 2.67. The van der Waals surface area contributed by atoms with Gasteiger partial charge in [0.15, 0.2) is 0 Å². The molecular weight excluding hydrogens is 342 g/mol. The van der Waals surface area contributed by atoms with Crippen LogP contribution in [-0.4, -0.2) is 44.7 Å². The summed E-state index contributed by atoms with van der Waals surface area (Å²) >= 11 is 6.08. The largest absolute Gasteiger partial charge is 0.378 e. The van der Waals surface area contributed by atoms with Crippen molar-refractivity contribution in [1.29, 1.82) is 0 Å². The summed E-state index contributed by atoms with van der Waals surface area (Å²) in [4.78, 5) is 26.2. The molecule has 0 unspecified atom stereocenters. The second-order valence-electron chi connectivity index (χ2n) is 7.06. The molecule has 0 aliphatic carbocycles. The monoisotopic (exact) mass is 367 g/mol. The van der Waals surface area contributed by atoms with Gasteiger partial charge in [0.1, 0.15) is 0 Å². The highest BCUT2D eigenvalue weighted by atomic mass is 35.5. The van der Waals surface area contributed by atoms with Crippen LogP contribution in [0, 0.1) is 5.41 Å². The molecule has 1 heterocycles. The van der Waals surface area contributed by atoms with E-state index in [1.807, 2.05) is 32.9 Å². The molecule has 0 saturated carbocycles. The van der Waals surface area contributed by atoms with Crippen molar-refractivity contribution in [2.75, 3.05) is 43.1 Å². The van der Waals surface area contributed by atoms with Crippen molar-refractivity contribution in [1.82, 2.24) is 5.32 Å². The van der Waals surface area contributed by atoms with Crippen LogP contribution in [0.5, 0.6) is 0 Å². The number of anilines is 2. The van der Waals surface area contributed by atoms with Crippen LogP contribution in [0.3, 0.4) is 0 Å². The van der Waals surface area contributed by atoms with Gasteiger partial charge in [-0.15, -0.1) is 0 Å². The molecule has 1 fully saturated rings. The second-order valence-corrected chi connectivity index (χ2v) is 7.50. The number of hydrogen-bond donors (Lipinski definition) is 2. The molecule has 6 nitrogen and oxygen atoms in total. The molecule has 0 bridgehead atoms. The Morgan fingerprint density at radius 1 is 1.24 bits per heavy atom. The van der Waals surface area contributed by atoms with E-state index in [-0.39, 0.29) is 18.2 Å². The summed E-state index contributed by atoms with van der Waals surface area (Å²) in [5, 5.41) is 6.24. The van der Waals surface area contributed by atoms with E-state index < -0.39 is 5.41 Å². The third-order valence-corrected chi connectivity index (χ3v) is 4.14. The number of carbonyl (C=O) groups is 2. The Balaban J connectivity index is 1.95. The van der Waals surface area contributed by atoms with Crippen molar-refractivity contribution >= 4 is 34.8 Å². The van der Waals surface area contributed by atoms with Crippen LogP contribution in [0.25, 0.3) is 0 Å². The lowest BCUT2D eigenvalue weighted by Crippen LogP contribution is -2.37. The SMILES string of the molecule is CC(C)(C)C(=O)NCCC(=O)Nc1cc(Cl)ccc1N1CCOCC1. The van der Waals surface area contributed by atoms with Gasteiger partial charge in [-0.1, -0.05) is 32.4 Å². The highest BCUT2D eigenvalue weighted by Crippen LogP contribution is 2.30. The summed E-state index contributed by atoms with van der Waals surface area (Å²) in [5.74, 6) is -0.233. The first-order valence-electron chi connectivity index (χ1n) is 8.48. The standard InChI is InChI=1S/C18H26ClN3O3/c1-18(2,3)17(24)20-7-6-16(23)21-14-12-13(19)4-5-15(14)22-8-10-25-11-9-22/h4-5,12H,6-11H2,1-3H3,(H,20,24)(H,21,23). The van der Waals surface area contributed by atoms with E-state index in [1.54, 1.807) is 6.07 Å². The minimum Gasteiger partial charge on any atom is -0.378 e. The molecule has 1 aliphatic heterocycles. The number of carbonyl (C=O) groups excluding carboxylic acids is 2. The lowest BCUT2D eigenvalue weighted by Gasteiger charge is -2.30. The van der Waals surface area contributed by atoms with E-state index in [0.717, 1.165) is 18.8 Å². The van der Waals surface area contributed by atoms with Gasteiger partial charge in [0.25, 0.3) is 0 Å². The van der Waals surface area contributed by atoms with Gasteiger partial charge in [-0.3, -0.25) is 9.59 Å². The van der Waals surface area contributed by atoms with Crippen LogP contribution in [0.4, 0.5) is 11.4 Å². The Hall–Kier alpha value is -1.79. The molecule has 1 aliphatic rings. The summed E-state index contributed by atoms with van der Waals surface area (Å²) < 4.78 is 5.37. The number of hydrogen-bond acceptors (Lipinski definition) is 4. The lowest BCUT2D eigenvalue weighted by atomic mass is 9.96. The molecule has 0 radical (unpaired) electrons. The zero-order chi connectivity index (χ0) is 18.4. The average molecular weight is 368 g/mol. The highest BCUT2D eigenvalue weighted by Gasteiger charge is 2.21. The predicted molar refractivity (Wildman–Crippen MR) is 100 cm³/mol. The Morgan fingerprint density at radius 2 is 1.92 bits per heavy atom. The number of benzene rings is 1. The molecule has 0 aromatic heterocycles. The quantitative estimate of drug-likeness (QED) is 0.839. The third-order valence-electron chi connectivity index (χ3n) is 3.90. The number of amides is 2. The molecule has 2 amide bonds. The first kappa shape index (κ1) is 19.5. The van der Waals surface area contributed by atoms with Gasteiger partial charge < -0.3 is 20.3 Å². The first-order chi connectivity index (χ1) is 11.8. The van der Waals surface area contributed by atoms with Crippen LogP contribution in [0.1, 0.15) is 27.2 Å². The van der Waals surface area contributed by atoms with E-state index in [2.05, 4.69) is 15.5 Å². The van der Waals surface area contributed by atoms with Crippen LogP contribution in [0.2, 0.25) is 5.02 Å². The Morgan fingerprint density at radius 3 is 2.56 bits per heavy atom. The third kappa shape index (κ3) is 5.90. The van der Waals surface area contributed by atoms with Crippen molar-refractivity contribution < 1.29 is 14.3 Å². The van der Waals surface area contributed by atoms with Gasteiger partial charge in [0, 0.05) is 36.5 Å². The fourth-order valence-electron chi connectivity index (χ4n) is 2.46. The van der Waals surface area contributed by atoms with E-state index in [9.17, 15) is 9.59 Å². The van der Waals surface area contributed by atoms with Crippen LogP contribution >= 0.6 is 11.6 Å². The van der Waals surface area contributed by atoms with Crippen LogP contribution in [0.15, 0.2) is 18.2 Å². The van der Waals surface area contributed by atoms with Gasteiger partial charge >= 0.3 is 0 Å². The molecule has 1 aromatic rings. The Kier molecular flexibility index (Phi) is 6.67. The average Bonchev–Trinajstić information content (AvgIpc) is 2.55. The van der Waals surface area contributed by atoms with Gasteiger partial charge in [0.05, 0.1) is 24.6 Å². The zero-order valence-electron chi connectivity index (χ0n) is 15.0. The summed E-state index contributed by atoms with van der Waals surface area (Å²) in [6.45, 7) is 8.67. The smallest absolute Gasteiger partial charge is 0.226 e. The molecule has 0 spiro atoms. The molecule has 138 valence electrons. The topological polar surface area (TPSA) is 70.7 Å². The fourth-order valence-corrected chi connectivity index (χ4v) is 2.63. The second kappa shape index (κ2) is 8.54. The highest BCUT2D eigenvalue weighted by molar-refractivity contribution is 6.31. The summed E-state index contributed by atoms with van der Waals surface area (Å²) in [5.41, 5.74) is 1.15. The van der Waals surface area contributed by atoms with Crippen molar-refractivity contribution in [2.24, 2.45) is 5.41 Å². The number of nitrogens with one attached hydrogen (secondary N) is 2. The summed E-state index contributed by atoms with van der Waals surface area (Å²) in [6, 6.07) is 5.47. The molecule has 1 saturated heterocycles. The van der Waals surface area contributed by atoms with Gasteiger partial charge in [-0.05, 0) is 18.2 Å². The van der Waals surface area contributed by atoms with E-state index in [0.29, 0.717) is 30.5 Å². The number of ether oxygens (including phenoxy) is 1. The van der Waals surface area contributed by atoms with Crippen LogP contribution in [-0.2, 0) is 14.3 Å². The molecule has 2 rings (SSSR count). The summed E-state index contributed by atoms with van der Waals surface area (Å²) in [6.07, 6.45) is 0.205. The van der Waals surface area contributed by atoms with Crippen molar-refractivity contribution in [3.05, 3.63) is 23.2 Å². The van der Waals surface area contributed by atoms with E-state index in [1.165, 1.54) is 0 Å². The number of nitrogens with zero attached hydrogens (tertiary/aromatic N) is 1. The minimum absolute atomic E-state index is 0.0722. The Bertz CT molecular complexity index is 622. The van der Waals surface area contributed by atoms with Crippen molar-refractivity contribution in [3.8, 4) is 0 Å². The van der Waals surface area contributed by atoms with Crippen LogP contribution < -0.4 is 15.5 Å². The maximum atomic E-state index is 12.2. The summed E-state index contributed by atoms with van der Waals surface area (Å²) in [7, 11) is 0. The molecule has 2 N–H and O–H groups in total. The lowest BCUT2D eigenvalue weighted by molar-refractivity contribution is -0.128. The zero-order valence-corrected chi connectivity index (χ0v) is 15.8. The van der Waals surface area contributed by atoms with E-state index in [4.69, 9.17) is 16.3 Å². The normalized spacial score (nSPS) is 15.0. The molecule has 1 aromatic carbocycles. The Labute approximate surface area is 153 Å². The van der Waals surface area contributed by atoms with Gasteiger partial charge in [0.2, 0.25) is 11.8 Å². The number of halogens is 1. The first-order valence-corrected chi connectivity index (χ1v) is 8.85. The van der Waals surface area contributed by atoms with Gasteiger partial charge in [-0.2, -0.15) is 0 Å². The molecule has 7 heteroatoms. The maximum absolute atomic E-state index is 12.2. The van der Waals surface area contributed by atoms with Gasteiger partial charge in [-0.25, -0.2) is 0 Å². The molecular formula is C18H26ClN3O3. The molecule has 25 heavy (non-hydrogen) atoms. The van der Waals surface area contributed by atoms with Crippen molar-refractivity contribution in [3.63, 3.8) is 0 Å². The number of rotatable bonds is 5. The van der Waals surface area contributed by atoms with Crippen molar-refractivity contribution in [2.45, 2.75) is 27.2 Å². The number of morpholine rings is 1. The minimum atomic E-state index is -0.465. The fraction of sp³-hybridized carbons (Fsp3) is 0.556.